The largest absolute Gasteiger partial charge is 0.383 e. The summed E-state index contributed by atoms with van der Waals surface area (Å²) >= 11 is 0. The lowest BCUT2D eigenvalue weighted by Gasteiger charge is -2.10. The van der Waals surface area contributed by atoms with Crippen LogP contribution in [0.1, 0.15) is 12.8 Å². The van der Waals surface area contributed by atoms with Gasteiger partial charge in [0.1, 0.15) is 0 Å². The van der Waals surface area contributed by atoms with Crippen LogP contribution in [0.25, 0.3) is 10.8 Å². The van der Waals surface area contributed by atoms with E-state index < -0.39 is 0 Å². The van der Waals surface area contributed by atoms with E-state index in [1.807, 2.05) is 0 Å². The normalized spacial score (nSPS) is 14.4. The van der Waals surface area contributed by atoms with Crippen molar-refractivity contribution in [2.45, 2.75) is 18.9 Å². The van der Waals surface area contributed by atoms with E-state index in [1.165, 1.54) is 18.9 Å². The van der Waals surface area contributed by atoms with Gasteiger partial charge in [-0.15, -0.1) is 0 Å². The summed E-state index contributed by atoms with van der Waals surface area (Å²) in [6.45, 7) is 1.69. The number of hydrogen-bond acceptors (Lipinski definition) is 5. The first-order valence-corrected chi connectivity index (χ1v) is 6.74. The minimum atomic E-state index is -0.373. The van der Waals surface area contributed by atoms with Crippen LogP contribution in [-0.4, -0.2) is 29.0 Å². The van der Waals surface area contributed by atoms with Gasteiger partial charge in [-0.25, -0.2) is 0 Å². The van der Waals surface area contributed by atoms with Crippen molar-refractivity contribution in [3.8, 4) is 0 Å². The molecule has 3 rings (SSSR count). The number of nitrogens with one attached hydrogen (secondary N) is 2. The second-order valence-corrected chi connectivity index (χ2v) is 4.97. The number of nitro groups is 1. The summed E-state index contributed by atoms with van der Waals surface area (Å²) in [7, 11) is 0. The molecule has 0 radical (unpaired) electrons. The van der Waals surface area contributed by atoms with Crippen molar-refractivity contribution >= 4 is 22.1 Å². The molecule has 0 aliphatic heterocycles. The molecular formula is C14H16N4O2. The Labute approximate surface area is 116 Å². The Hall–Kier alpha value is -2.21. The number of aromatic nitrogens is 1. The molecule has 0 spiro atoms. The van der Waals surface area contributed by atoms with Crippen LogP contribution in [0.4, 0.5) is 11.4 Å². The molecule has 0 bridgehead atoms. The Morgan fingerprint density at radius 1 is 1.25 bits per heavy atom. The van der Waals surface area contributed by atoms with Crippen LogP contribution in [0.5, 0.6) is 0 Å². The van der Waals surface area contributed by atoms with E-state index in [4.69, 9.17) is 0 Å². The van der Waals surface area contributed by atoms with Gasteiger partial charge < -0.3 is 10.6 Å². The Kier molecular flexibility index (Phi) is 3.47. The van der Waals surface area contributed by atoms with Crippen molar-refractivity contribution in [1.29, 1.82) is 0 Å². The highest BCUT2D eigenvalue weighted by Crippen LogP contribution is 2.30. The molecule has 6 nitrogen and oxygen atoms in total. The second kappa shape index (κ2) is 5.42. The zero-order valence-electron chi connectivity index (χ0n) is 11.0. The molecule has 0 saturated heterocycles. The molecule has 1 saturated carbocycles. The fourth-order valence-electron chi connectivity index (χ4n) is 2.25. The van der Waals surface area contributed by atoms with Gasteiger partial charge in [-0.3, -0.25) is 15.1 Å². The Morgan fingerprint density at radius 3 is 2.85 bits per heavy atom. The zero-order chi connectivity index (χ0) is 13.9. The van der Waals surface area contributed by atoms with Gasteiger partial charge in [0, 0.05) is 48.7 Å². The third-order valence-electron chi connectivity index (χ3n) is 3.44. The molecule has 6 heteroatoms. The Bertz CT molecular complexity index is 640. The van der Waals surface area contributed by atoms with E-state index >= 15 is 0 Å². The van der Waals surface area contributed by atoms with Crippen molar-refractivity contribution in [2.24, 2.45) is 0 Å². The minimum Gasteiger partial charge on any atom is -0.383 e. The van der Waals surface area contributed by atoms with Crippen LogP contribution in [-0.2, 0) is 0 Å². The predicted molar refractivity (Wildman–Crippen MR) is 77.9 cm³/mol. The molecule has 1 heterocycles. The van der Waals surface area contributed by atoms with Crippen molar-refractivity contribution in [3.63, 3.8) is 0 Å². The van der Waals surface area contributed by atoms with Crippen LogP contribution in [0, 0.1) is 10.1 Å². The molecule has 2 N–H and O–H groups in total. The number of nitrogens with zero attached hydrogens (tertiary/aromatic N) is 2. The number of pyridine rings is 1. The average Bonchev–Trinajstić information content (AvgIpc) is 3.27. The number of non-ortho nitro benzene ring substituents is 1. The van der Waals surface area contributed by atoms with Crippen LogP contribution >= 0.6 is 0 Å². The van der Waals surface area contributed by atoms with Gasteiger partial charge in [-0.1, -0.05) is 0 Å². The number of nitro benzene ring substituents is 1. The summed E-state index contributed by atoms with van der Waals surface area (Å²) in [5.41, 5.74) is 1.00. The average molecular weight is 272 g/mol. The maximum atomic E-state index is 11.0. The molecule has 20 heavy (non-hydrogen) atoms. The summed E-state index contributed by atoms with van der Waals surface area (Å²) in [5.74, 6) is 0. The summed E-state index contributed by atoms with van der Waals surface area (Å²) in [5, 5.41) is 19.2. The number of anilines is 1. The number of fused-ring (bicyclic) bond motifs is 1. The second-order valence-electron chi connectivity index (χ2n) is 4.97. The topological polar surface area (TPSA) is 80.1 Å². The summed E-state index contributed by atoms with van der Waals surface area (Å²) in [4.78, 5) is 14.6. The third kappa shape index (κ3) is 2.70. The molecule has 2 aromatic rings. The quantitative estimate of drug-likeness (QED) is 0.479. The lowest BCUT2D eigenvalue weighted by Crippen LogP contribution is -2.23. The molecule has 1 aromatic heterocycles. The molecule has 0 atom stereocenters. The molecule has 0 amide bonds. The smallest absolute Gasteiger partial charge is 0.278 e. The lowest BCUT2D eigenvalue weighted by atomic mass is 10.1. The van der Waals surface area contributed by atoms with E-state index in [2.05, 4.69) is 15.6 Å². The fourth-order valence-corrected chi connectivity index (χ4v) is 2.25. The monoisotopic (exact) mass is 272 g/mol. The number of benzene rings is 1. The van der Waals surface area contributed by atoms with Crippen molar-refractivity contribution in [1.82, 2.24) is 10.3 Å². The van der Waals surface area contributed by atoms with Gasteiger partial charge in [-0.05, 0) is 25.0 Å². The van der Waals surface area contributed by atoms with Crippen LogP contribution in [0.3, 0.4) is 0 Å². The maximum Gasteiger partial charge on any atom is 0.278 e. The minimum absolute atomic E-state index is 0.0924. The van der Waals surface area contributed by atoms with Crippen molar-refractivity contribution < 1.29 is 4.92 Å². The summed E-state index contributed by atoms with van der Waals surface area (Å²) in [6, 6.07) is 5.78. The van der Waals surface area contributed by atoms with Crippen molar-refractivity contribution in [2.75, 3.05) is 18.4 Å². The molecule has 1 aliphatic carbocycles. The van der Waals surface area contributed by atoms with Gasteiger partial charge in [-0.2, -0.15) is 0 Å². The highest BCUT2D eigenvalue weighted by molar-refractivity contribution is 5.99. The Balaban J connectivity index is 1.79. The van der Waals surface area contributed by atoms with Gasteiger partial charge >= 0.3 is 0 Å². The van der Waals surface area contributed by atoms with Crippen LogP contribution in [0.15, 0.2) is 30.6 Å². The zero-order valence-corrected chi connectivity index (χ0v) is 11.0. The van der Waals surface area contributed by atoms with Gasteiger partial charge in [0.05, 0.1) is 10.3 Å². The first-order valence-electron chi connectivity index (χ1n) is 6.74. The molecule has 104 valence electrons. The van der Waals surface area contributed by atoms with Gasteiger partial charge in [0.2, 0.25) is 0 Å². The third-order valence-corrected chi connectivity index (χ3v) is 3.44. The van der Waals surface area contributed by atoms with E-state index in [0.29, 0.717) is 11.4 Å². The SMILES string of the molecule is O=[N+]([O-])c1ccc(NCCNC2CC2)c2ccncc12. The standard InChI is InChI=1S/C14H16N4O2/c19-18(20)14-4-3-13(11-5-6-15-9-12(11)14)17-8-7-16-10-1-2-10/h3-6,9-10,16-17H,1-2,7-8H2. The molecule has 1 aliphatic rings. The van der Waals surface area contributed by atoms with E-state index in [-0.39, 0.29) is 10.6 Å². The molecular weight excluding hydrogens is 256 g/mol. The summed E-state index contributed by atoms with van der Waals surface area (Å²) < 4.78 is 0. The maximum absolute atomic E-state index is 11.0. The number of rotatable bonds is 6. The van der Waals surface area contributed by atoms with Crippen LogP contribution in [0.2, 0.25) is 0 Å². The van der Waals surface area contributed by atoms with Gasteiger partial charge in [0.15, 0.2) is 0 Å². The highest BCUT2D eigenvalue weighted by atomic mass is 16.6. The predicted octanol–water partition coefficient (Wildman–Crippen LogP) is 2.31. The lowest BCUT2D eigenvalue weighted by molar-refractivity contribution is -0.383. The van der Waals surface area contributed by atoms with Gasteiger partial charge in [0.25, 0.3) is 5.69 Å². The fraction of sp³-hybridized carbons (Fsp3) is 0.357. The van der Waals surface area contributed by atoms with Crippen LogP contribution < -0.4 is 10.6 Å². The van der Waals surface area contributed by atoms with E-state index in [1.54, 1.807) is 24.5 Å². The summed E-state index contributed by atoms with van der Waals surface area (Å²) in [6.07, 6.45) is 5.74. The molecule has 1 aromatic carbocycles. The molecule has 0 unspecified atom stereocenters. The first-order chi connectivity index (χ1) is 9.75. The number of hydrogen-bond donors (Lipinski definition) is 2. The van der Waals surface area contributed by atoms with E-state index in [9.17, 15) is 10.1 Å². The molecule has 1 fully saturated rings. The first kappa shape index (κ1) is 12.8. The Morgan fingerprint density at radius 2 is 2.10 bits per heavy atom. The highest BCUT2D eigenvalue weighted by Gasteiger charge is 2.19. The van der Waals surface area contributed by atoms with E-state index in [0.717, 1.165) is 24.2 Å². The van der Waals surface area contributed by atoms with Crippen molar-refractivity contribution in [3.05, 3.63) is 40.7 Å².